The summed E-state index contributed by atoms with van der Waals surface area (Å²) in [6, 6.07) is 4.93. The topological polar surface area (TPSA) is 66.4 Å². The van der Waals surface area contributed by atoms with Gasteiger partial charge in [-0.15, -0.1) is 0 Å². The Balaban J connectivity index is 2.69. The largest absolute Gasteiger partial charge is 0.478 e. The Morgan fingerprint density at radius 2 is 2.05 bits per heavy atom. The van der Waals surface area contributed by atoms with E-state index in [0.29, 0.717) is 23.6 Å². The van der Waals surface area contributed by atoms with Gasteiger partial charge in [-0.2, -0.15) is 0 Å². The van der Waals surface area contributed by atoms with Crippen molar-refractivity contribution in [2.45, 2.75) is 40.0 Å². The Morgan fingerprint density at radius 3 is 2.63 bits per heavy atom. The predicted molar refractivity (Wildman–Crippen MR) is 75.5 cm³/mol. The van der Waals surface area contributed by atoms with Gasteiger partial charge < -0.3 is 10.4 Å². The molecule has 4 nitrogen and oxygen atoms in total. The van der Waals surface area contributed by atoms with E-state index in [9.17, 15) is 9.59 Å². The molecule has 0 heterocycles. The molecular formula is C15H21NO3. The lowest BCUT2D eigenvalue weighted by Crippen LogP contribution is -2.15. The zero-order chi connectivity index (χ0) is 14.4. The molecule has 0 saturated heterocycles. The molecule has 104 valence electrons. The van der Waals surface area contributed by atoms with Gasteiger partial charge >= 0.3 is 5.97 Å². The summed E-state index contributed by atoms with van der Waals surface area (Å²) < 4.78 is 0. The van der Waals surface area contributed by atoms with E-state index in [1.807, 2.05) is 6.92 Å². The zero-order valence-electron chi connectivity index (χ0n) is 11.7. The maximum Gasteiger partial charge on any atom is 0.336 e. The highest BCUT2D eigenvalue weighted by molar-refractivity contribution is 5.94. The van der Waals surface area contributed by atoms with Crippen LogP contribution >= 0.6 is 0 Å². The summed E-state index contributed by atoms with van der Waals surface area (Å²) in [5.41, 5.74) is 1.45. The minimum atomic E-state index is -0.979. The third-order valence-corrected chi connectivity index (χ3v) is 3.07. The van der Waals surface area contributed by atoms with Gasteiger partial charge in [-0.25, -0.2) is 4.79 Å². The second kappa shape index (κ2) is 6.92. The van der Waals surface area contributed by atoms with Crippen LogP contribution in [0.3, 0.4) is 0 Å². The Bertz CT molecular complexity index is 468. The van der Waals surface area contributed by atoms with Crippen LogP contribution < -0.4 is 5.32 Å². The van der Waals surface area contributed by atoms with E-state index in [4.69, 9.17) is 5.11 Å². The molecule has 2 N–H and O–H groups in total. The molecule has 0 aliphatic carbocycles. The second-order valence-corrected chi connectivity index (χ2v) is 4.98. The average molecular weight is 263 g/mol. The minimum Gasteiger partial charge on any atom is -0.478 e. The quantitative estimate of drug-likeness (QED) is 0.826. The number of aryl methyl sites for hydroxylation is 1. The van der Waals surface area contributed by atoms with Gasteiger partial charge in [-0.05, 0) is 30.5 Å². The first kappa shape index (κ1) is 15.2. The summed E-state index contributed by atoms with van der Waals surface area (Å²) in [6.07, 6.45) is 2.54. The number of rotatable bonds is 6. The van der Waals surface area contributed by atoms with Crippen molar-refractivity contribution in [3.63, 3.8) is 0 Å². The number of anilines is 1. The second-order valence-electron chi connectivity index (χ2n) is 4.98. The molecule has 1 rings (SSSR count). The summed E-state index contributed by atoms with van der Waals surface area (Å²) in [6.45, 7) is 5.87. The summed E-state index contributed by atoms with van der Waals surface area (Å²) in [5, 5.41) is 11.8. The Labute approximate surface area is 113 Å². The van der Waals surface area contributed by atoms with Gasteiger partial charge in [-0.3, -0.25) is 4.79 Å². The molecule has 0 spiro atoms. The molecule has 0 saturated carbocycles. The standard InChI is InChI=1S/C15H21NO3/c1-4-5-10(2)8-14(17)16-12-7-6-11(3)13(9-12)15(18)19/h6-7,9-10H,4-5,8H2,1-3H3,(H,16,17)(H,18,19). The van der Waals surface area contributed by atoms with E-state index in [2.05, 4.69) is 12.2 Å². The molecule has 1 atom stereocenters. The fourth-order valence-corrected chi connectivity index (χ4v) is 2.05. The first-order chi connectivity index (χ1) is 8.93. The third-order valence-electron chi connectivity index (χ3n) is 3.07. The predicted octanol–water partition coefficient (Wildman–Crippen LogP) is 3.46. The number of hydrogen-bond donors (Lipinski definition) is 2. The summed E-state index contributed by atoms with van der Waals surface area (Å²) >= 11 is 0. The van der Waals surface area contributed by atoms with Crippen molar-refractivity contribution in [1.29, 1.82) is 0 Å². The Kier molecular flexibility index (Phi) is 5.55. The number of carboxylic acid groups (broad SMARTS) is 1. The van der Waals surface area contributed by atoms with Crippen LogP contribution in [0.15, 0.2) is 18.2 Å². The smallest absolute Gasteiger partial charge is 0.336 e. The summed E-state index contributed by atoms with van der Waals surface area (Å²) in [4.78, 5) is 22.8. The van der Waals surface area contributed by atoms with E-state index in [1.54, 1.807) is 19.1 Å². The molecule has 0 aliphatic rings. The van der Waals surface area contributed by atoms with Crippen molar-refractivity contribution in [1.82, 2.24) is 0 Å². The van der Waals surface area contributed by atoms with Gasteiger partial charge in [0.1, 0.15) is 0 Å². The number of benzene rings is 1. The highest BCUT2D eigenvalue weighted by Gasteiger charge is 2.11. The lowest BCUT2D eigenvalue weighted by atomic mass is 10.0. The molecule has 1 amide bonds. The van der Waals surface area contributed by atoms with Crippen LogP contribution in [0.2, 0.25) is 0 Å². The maximum absolute atomic E-state index is 11.8. The highest BCUT2D eigenvalue weighted by atomic mass is 16.4. The number of carboxylic acids is 1. The molecule has 1 unspecified atom stereocenters. The average Bonchev–Trinajstić information content (AvgIpc) is 2.31. The zero-order valence-corrected chi connectivity index (χ0v) is 11.7. The monoisotopic (exact) mass is 263 g/mol. The fraction of sp³-hybridized carbons (Fsp3) is 0.467. The summed E-state index contributed by atoms with van der Waals surface area (Å²) in [7, 11) is 0. The Morgan fingerprint density at radius 1 is 1.37 bits per heavy atom. The summed E-state index contributed by atoms with van der Waals surface area (Å²) in [5.74, 6) is -0.705. The lowest BCUT2D eigenvalue weighted by Gasteiger charge is -2.11. The maximum atomic E-state index is 11.8. The number of carbonyl (C=O) groups excluding carboxylic acids is 1. The van der Waals surface area contributed by atoms with Gasteiger partial charge in [0.15, 0.2) is 0 Å². The molecular weight excluding hydrogens is 242 g/mol. The lowest BCUT2D eigenvalue weighted by molar-refractivity contribution is -0.117. The number of hydrogen-bond acceptors (Lipinski definition) is 2. The molecule has 0 aliphatic heterocycles. The van der Waals surface area contributed by atoms with Crippen LogP contribution in [0.4, 0.5) is 5.69 Å². The van der Waals surface area contributed by atoms with Crippen LogP contribution in [-0.2, 0) is 4.79 Å². The third kappa shape index (κ3) is 4.73. The van der Waals surface area contributed by atoms with E-state index in [-0.39, 0.29) is 11.5 Å². The van der Waals surface area contributed by atoms with E-state index in [1.165, 1.54) is 6.07 Å². The van der Waals surface area contributed by atoms with Crippen LogP contribution in [0.25, 0.3) is 0 Å². The highest BCUT2D eigenvalue weighted by Crippen LogP contribution is 2.17. The van der Waals surface area contributed by atoms with Gasteiger partial charge in [-0.1, -0.05) is 32.8 Å². The van der Waals surface area contributed by atoms with Crippen molar-refractivity contribution in [2.24, 2.45) is 5.92 Å². The minimum absolute atomic E-state index is 0.0684. The molecule has 0 bridgehead atoms. The van der Waals surface area contributed by atoms with Gasteiger partial charge in [0.25, 0.3) is 0 Å². The molecule has 4 heteroatoms. The SMILES string of the molecule is CCCC(C)CC(=O)Nc1ccc(C)c(C(=O)O)c1. The first-order valence-electron chi connectivity index (χ1n) is 6.57. The Hall–Kier alpha value is -1.84. The van der Waals surface area contributed by atoms with Crippen LogP contribution in [-0.4, -0.2) is 17.0 Å². The van der Waals surface area contributed by atoms with E-state index in [0.717, 1.165) is 12.8 Å². The molecule has 0 fully saturated rings. The number of nitrogens with one attached hydrogen (secondary N) is 1. The molecule has 0 aromatic heterocycles. The normalized spacial score (nSPS) is 11.9. The molecule has 0 radical (unpaired) electrons. The van der Waals surface area contributed by atoms with Crippen molar-refractivity contribution in [3.05, 3.63) is 29.3 Å². The van der Waals surface area contributed by atoms with E-state index < -0.39 is 5.97 Å². The van der Waals surface area contributed by atoms with Crippen molar-refractivity contribution in [3.8, 4) is 0 Å². The van der Waals surface area contributed by atoms with Crippen molar-refractivity contribution < 1.29 is 14.7 Å². The first-order valence-corrected chi connectivity index (χ1v) is 6.57. The number of aromatic carboxylic acids is 1. The van der Waals surface area contributed by atoms with E-state index >= 15 is 0 Å². The van der Waals surface area contributed by atoms with Gasteiger partial charge in [0.05, 0.1) is 5.56 Å². The number of carbonyl (C=O) groups is 2. The molecule has 19 heavy (non-hydrogen) atoms. The van der Waals surface area contributed by atoms with Crippen LogP contribution in [0.5, 0.6) is 0 Å². The van der Waals surface area contributed by atoms with Crippen molar-refractivity contribution in [2.75, 3.05) is 5.32 Å². The van der Waals surface area contributed by atoms with Gasteiger partial charge in [0.2, 0.25) is 5.91 Å². The number of amides is 1. The molecule has 1 aromatic carbocycles. The van der Waals surface area contributed by atoms with Crippen LogP contribution in [0, 0.1) is 12.8 Å². The van der Waals surface area contributed by atoms with Crippen LogP contribution in [0.1, 0.15) is 49.0 Å². The molecule has 1 aromatic rings. The van der Waals surface area contributed by atoms with Crippen molar-refractivity contribution >= 4 is 17.6 Å². The fourth-order valence-electron chi connectivity index (χ4n) is 2.05. The van der Waals surface area contributed by atoms with Gasteiger partial charge in [0, 0.05) is 12.1 Å².